The summed E-state index contributed by atoms with van der Waals surface area (Å²) >= 11 is 0. The highest BCUT2D eigenvalue weighted by Crippen LogP contribution is 2.19. The summed E-state index contributed by atoms with van der Waals surface area (Å²) in [4.78, 5) is 2.39. The summed E-state index contributed by atoms with van der Waals surface area (Å²) < 4.78 is 5.57. The number of rotatable bonds is 3. The minimum absolute atomic E-state index is 0.0946. The molecular weight excluding hydrogens is 228 g/mol. The maximum absolute atomic E-state index is 12.5. The molecule has 0 aromatic rings. The molecule has 1 fully saturated rings. The van der Waals surface area contributed by atoms with Gasteiger partial charge in [-0.2, -0.15) is 0 Å². The molecular formula is C14H30N2O2. The summed E-state index contributed by atoms with van der Waals surface area (Å²) in [5.74, 6) is 0. The standard InChI is InChI=1S/C14H30N2O2/c1-13(2,3)15-7-9-16(17,10-8-15)11-12-18-14(4,5)6/h7-12H2,1-6H3. The van der Waals surface area contributed by atoms with E-state index in [0.717, 1.165) is 13.1 Å². The number of nitrogens with zero attached hydrogens (tertiary/aromatic N) is 2. The average Bonchev–Trinajstić information content (AvgIpc) is 2.14. The minimum atomic E-state index is -0.146. The van der Waals surface area contributed by atoms with Crippen LogP contribution >= 0.6 is 0 Å². The summed E-state index contributed by atoms with van der Waals surface area (Å²) in [7, 11) is 0. The number of quaternary nitrogens is 1. The van der Waals surface area contributed by atoms with E-state index in [9.17, 15) is 5.21 Å². The first-order valence-electron chi connectivity index (χ1n) is 6.98. The minimum Gasteiger partial charge on any atom is -0.633 e. The maximum Gasteiger partial charge on any atom is 0.102 e. The highest BCUT2D eigenvalue weighted by Gasteiger charge is 2.31. The van der Waals surface area contributed by atoms with Gasteiger partial charge in [0.05, 0.1) is 25.3 Å². The van der Waals surface area contributed by atoms with E-state index >= 15 is 0 Å². The van der Waals surface area contributed by atoms with E-state index in [1.54, 1.807) is 0 Å². The molecule has 0 radical (unpaired) electrons. The first-order chi connectivity index (χ1) is 8.02. The van der Waals surface area contributed by atoms with E-state index in [2.05, 4.69) is 25.7 Å². The first-order valence-corrected chi connectivity index (χ1v) is 6.98. The van der Waals surface area contributed by atoms with Crippen LogP contribution in [0.2, 0.25) is 0 Å². The molecule has 0 aliphatic carbocycles. The van der Waals surface area contributed by atoms with Crippen molar-refractivity contribution in [3.8, 4) is 0 Å². The summed E-state index contributed by atoms with van der Waals surface area (Å²) in [6.45, 7) is 17.0. The fourth-order valence-electron chi connectivity index (χ4n) is 2.24. The van der Waals surface area contributed by atoms with Crippen molar-refractivity contribution in [2.75, 3.05) is 39.3 Å². The Balaban J connectivity index is 2.36. The fourth-order valence-corrected chi connectivity index (χ4v) is 2.24. The van der Waals surface area contributed by atoms with Crippen LogP contribution in [0.3, 0.4) is 0 Å². The van der Waals surface area contributed by atoms with E-state index in [4.69, 9.17) is 4.74 Å². The van der Waals surface area contributed by atoms with Gasteiger partial charge in [-0.05, 0) is 41.5 Å². The van der Waals surface area contributed by atoms with E-state index in [0.29, 0.717) is 26.2 Å². The molecule has 0 saturated carbocycles. The maximum atomic E-state index is 12.5. The van der Waals surface area contributed by atoms with Gasteiger partial charge >= 0.3 is 0 Å². The van der Waals surface area contributed by atoms with Crippen molar-refractivity contribution in [1.82, 2.24) is 4.90 Å². The number of piperazine rings is 1. The van der Waals surface area contributed by atoms with E-state index < -0.39 is 0 Å². The van der Waals surface area contributed by atoms with Crippen molar-refractivity contribution in [3.05, 3.63) is 5.21 Å². The molecule has 108 valence electrons. The average molecular weight is 258 g/mol. The zero-order valence-corrected chi connectivity index (χ0v) is 13.0. The van der Waals surface area contributed by atoms with Crippen molar-refractivity contribution >= 4 is 0 Å². The SMILES string of the molecule is CC(C)(C)OCC[N+]1([O-])CCN(C(C)(C)C)CC1. The zero-order chi connectivity index (χ0) is 14.0. The van der Waals surface area contributed by atoms with Crippen LogP contribution in [-0.2, 0) is 4.74 Å². The largest absolute Gasteiger partial charge is 0.633 e. The molecule has 1 rings (SSSR count). The molecule has 1 aliphatic heterocycles. The second kappa shape index (κ2) is 5.45. The van der Waals surface area contributed by atoms with E-state index in [1.807, 2.05) is 20.8 Å². The fraction of sp³-hybridized carbons (Fsp3) is 1.00. The Morgan fingerprint density at radius 2 is 1.56 bits per heavy atom. The van der Waals surface area contributed by atoms with Crippen LogP contribution in [0, 0.1) is 5.21 Å². The number of ether oxygens (including phenoxy) is 1. The lowest BCUT2D eigenvalue weighted by Crippen LogP contribution is -2.60. The summed E-state index contributed by atoms with van der Waals surface area (Å²) in [5.41, 5.74) is 0.0273. The van der Waals surface area contributed by atoms with Gasteiger partial charge in [0.25, 0.3) is 0 Å². The van der Waals surface area contributed by atoms with Crippen LogP contribution in [0.25, 0.3) is 0 Å². The van der Waals surface area contributed by atoms with Gasteiger partial charge in [-0.1, -0.05) is 0 Å². The van der Waals surface area contributed by atoms with Gasteiger partial charge in [0, 0.05) is 18.6 Å². The van der Waals surface area contributed by atoms with Gasteiger partial charge in [-0.3, -0.25) is 4.90 Å². The van der Waals surface area contributed by atoms with Gasteiger partial charge in [-0.25, -0.2) is 0 Å². The normalized spacial score (nSPS) is 22.2. The van der Waals surface area contributed by atoms with Crippen molar-refractivity contribution in [1.29, 1.82) is 0 Å². The van der Waals surface area contributed by atoms with Crippen LogP contribution in [0.1, 0.15) is 41.5 Å². The van der Waals surface area contributed by atoms with Gasteiger partial charge in [0.15, 0.2) is 0 Å². The molecule has 1 saturated heterocycles. The van der Waals surface area contributed by atoms with E-state index in [-0.39, 0.29) is 15.8 Å². The lowest BCUT2D eigenvalue weighted by molar-refractivity contribution is -0.886. The highest BCUT2D eigenvalue weighted by atomic mass is 16.6. The predicted octanol–water partition coefficient (Wildman–Crippen LogP) is 2.23. The molecule has 18 heavy (non-hydrogen) atoms. The number of hydrogen-bond donors (Lipinski definition) is 0. The Labute approximate surface area is 112 Å². The van der Waals surface area contributed by atoms with Crippen molar-refractivity contribution < 1.29 is 9.38 Å². The molecule has 0 spiro atoms. The number of hydroxylamine groups is 3. The van der Waals surface area contributed by atoms with Gasteiger partial charge in [-0.15, -0.1) is 0 Å². The van der Waals surface area contributed by atoms with Crippen LogP contribution in [0.4, 0.5) is 0 Å². The van der Waals surface area contributed by atoms with Gasteiger partial charge in [0.1, 0.15) is 6.54 Å². The van der Waals surface area contributed by atoms with E-state index in [1.165, 1.54) is 0 Å². The molecule has 1 heterocycles. The Kier molecular flexibility index (Phi) is 4.81. The predicted molar refractivity (Wildman–Crippen MR) is 75.3 cm³/mol. The second-order valence-corrected chi connectivity index (χ2v) is 7.35. The summed E-state index contributed by atoms with van der Waals surface area (Å²) in [6.07, 6.45) is 0. The highest BCUT2D eigenvalue weighted by molar-refractivity contribution is 4.78. The summed E-state index contributed by atoms with van der Waals surface area (Å²) in [5, 5.41) is 12.5. The Bertz CT molecular complexity index is 252. The molecule has 4 heteroatoms. The third-order valence-electron chi connectivity index (χ3n) is 3.54. The van der Waals surface area contributed by atoms with Crippen LogP contribution in [0.15, 0.2) is 0 Å². The lowest BCUT2D eigenvalue weighted by Gasteiger charge is -2.51. The molecule has 0 unspecified atom stereocenters. The third-order valence-corrected chi connectivity index (χ3v) is 3.54. The molecule has 0 aromatic heterocycles. The van der Waals surface area contributed by atoms with Crippen LogP contribution in [-0.4, -0.2) is 60.0 Å². The molecule has 0 N–H and O–H groups in total. The number of hydrogen-bond acceptors (Lipinski definition) is 3. The Hall–Kier alpha value is -0.160. The van der Waals surface area contributed by atoms with Crippen molar-refractivity contribution in [2.24, 2.45) is 0 Å². The molecule has 0 amide bonds. The molecule has 1 aliphatic rings. The Morgan fingerprint density at radius 3 is 1.94 bits per heavy atom. The van der Waals surface area contributed by atoms with Crippen LogP contribution in [0.5, 0.6) is 0 Å². The molecule has 0 bridgehead atoms. The summed E-state index contributed by atoms with van der Waals surface area (Å²) in [6, 6.07) is 0. The first kappa shape index (κ1) is 15.9. The Morgan fingerprint density at radius 1 is 1.06 bits per heavy atom. The quantitative estimate of drug-likeness (QED) is 0.575. The lowest BCUT2D eigenvalue weighted by atomic mass is 10.0. The van der Waals surface area contributed by atoms with Crippen molar-refractivity contribution in [3.63, 3.8) is 0 Å². The van der Waals surface area contributed by atoms with Gasteiger partial charge < -0.3 is 14.6 Å². The zero-order valence-electron chi connectivity index (χ0n) is 13.0. The molecule has 4 nitrogen and oxygen atoms in total. The van der Waals surface area contributed by atoms with Crippen molar-refractivity contribution in [2.45, 2.75) is 52.7 Å². The second-order valence-electron chi connectivity index (χ2n) is 7.35. The van der Waals surface area contributed by atoms with Gasteiger partial charge in [0.2, 0.25) is 0 Å². The molecule has 0 aromatic carbocycles. The topological polar surface area (TPSA) is 35.5 Å². The molecule has 0 atom stereocenters. The smallest absolute Gasteiger partial charge is 0.102 e. The third kappa shape index (κ3) is 5.22. The monoisotopic (exact) mass is 258 g/mol. The van der Waals surface area contributed by atoms with Crippen LogP contribution < -0.4 is 0 Å².